The molecular formula is C71H134O15S. The number of rotatable bonds is 15. The van der Waals surface area contributed by atoms with Gasteiger partial charge in [0.05, 0.1) is 51.1 Å². The number of fused-ring (bicyclic) bond motifs is 1. The molecule has 3 aliphatic heterocycles. The molecule has 13 fully saturated rings. The van der Waals surface area contributed by atoms with Crippen molar-refractivity contribution in [3.63, 3.8) is 0 Å². The van der Waals surface area contributed by atoms with E-state index in [9.17, 15) is 39.0 Å². The Morgan fingerprint density at radius 2 is 1.05 bits per heavy atom. The topological polar surface area (TPSA) is 207 Å². The minimum atomic E-state index is -0.842. The second-order valence-corrected chi connectivity index (χ2v) is 30.4. The van der Waals surface area contributed by atoms with Crippen LogP contribution in [0.25, 0.3) is 0 Å². The first-order valence-electron chi connectivity index (χ1n) is 30.6. The molecule has 12 bridgehead atoms. The Bertz CT molecular complexity index is 2150. The van der Waals surface area contributed by atoms with E-state index in [0.29, 0.717) is 56.0 Å². The van der Waals surface area contributed by atoms with E-state index in [1.807, 2.05) is 62.3 Å². The summed E-state index contributed by atoms with van der Waals surface area (Å²) in [5, 5.41) is 21.3. The van der Waals surface area contributed by atoms with Gasteiger partial charge >= 0.3 is 35.8 Å². The van der Waals surface area contributed by atoms with Gasteiger partial charge in [-0.1, -0.05) is 101 Å². The van der Waals surface area contributed by atoms with Crippen molar-refractivity contribution in [1.82, 2.24) is 0 Å². The quantitative estimate of drug-likeness (QED) is 0.115. The monoisotopic (exact) mass is 1260 g/mol. The van der Waals surface area contributed by atoms with Crippen molar-refractivity contribution in [1.29, 1.82) is 0 Å². The summed E-state index contributed by atoms with van der Waals surface area (Å²) in [5.74, 6) is 4.68. The van der Waals surface area contributed by atoms with Crippen molar-refractivity contribution in [2.45, 2.75) is 319 Å². The molecule has 8 unspecified atom stereocenters. The van der Waals surface area contributed by atoms with Gasteiger partial charge in [0.1, 0.15) is 23.4 Å². The Morgan fingerprint density at radius 3 is 1.51 bits per heavy atom. The number of thioether (sulfide) groups is 1. The van der Waals surface area contributed by atoms with E-state index < -0.39 is 51.1 Å². The molecule has 0 aromatic carbocycles. The normalized spacial score (nSPS) is 34.0. The summed E-state index contributed by atoms with van der Waals surface area (Å²) >= 11 is 1.76. The zero-order chi connectivity index (χ0) is 58.3. The molecule has 0 amide bonds. The lowest BCUT2D eigenvalue weighted by Gasteiger charge is -2.62. The number of hydrogen-bond acceptors (Lipinski definition) is 16. The highest BCUT2D eigenvalue weighted by atomic mass is 32.2. The molecule has 514 valence electrons. The maximum absolute atomic E-state index is 12.8. The highest BCUT2D eigenvalue weighted by molar-refractivity contribution is 7.99. The summed E-state index contributed by atoms with van der Waals surface area (Å²) in [6.45, 7) is 27.9. The van der Waals surface area contributed by atoms with E-state index >= 15 is 0 Å². The molecule has 13 aliphatic rings. The number of carbonyl (C=O) groups excluding carboxylic acids is 6. The Hall–Kier alpha value is -2.95. The third-order valence-corrected chi connectivity index (χ3v) is 22.0. The molecule has 10 saturated carbocycles. The fourth-order valence-corrected chi connectivity index (χ4v) is 16.2. The Balaban J connectivity index is 0. The van der Waals surface area contributed by atoms with Crippen molar-refractivity contribution in [3.8, 4) is 0 Å². The fourth-order valence-electron chi connectivity index (χ4n) is 15.5. The molecule has 2 N–H and O–H groups in total. The summed E-state index contributed by atoms with van der Waals surface area (Å²) in [5.41, 5.74) is -4.37. The van der Waals surface area contributed by atoms with Crippen molar-refractivity contribution in [2.75, 3.05) is 24.7 Å². The van der Waals surface area contributed by atoms with Gasteiger partial charge in [-0.15, -0.1) is 0 Å². The molecule has 0 spiro atoms. The summed E-state index contributed by atoms with van der Waals surface area (Å²) in [6, 6.07) is 0. The first-order valence-corrected chi connectivity index (χ1v) is 31.8. The average molecular weight is 1260 g/mol. The summed E-state index contributed by atoms with van der Waals surface area (Å²) in [7, 11) is 0. The first-order chi connectivity index (χ1) is 36.7. The fraction of sp³-hybridized carbons (Fsp3) is 0.915. The van der Waals surface area contributed by atoms with Gasteiger partial charge in [0.25, 0.3) is 0 Å². The average Bonchev–Trinajstić information content (AvgIpc) is 1.23. The third kappa shape index (κ3) is 19.6. The van der Waals surface area contributed by atoms with E-state index in [2.05, 4.69) is 20.8 Å². The number of carbonyl (C=O) groups is 6. The van der Waals surface area contributed by atoms with Crippen molar-refractivity contribution in [3.05, 3.63) is 0 Å². The van der Waals surface area contributed by atoms with Gasteiger partial charge in [0, 0.05) is 30.9 Å². The van der Waals surface area contributed by atoms with Gasteiger partial charge in [0.2, 0.25) is 6.29 Å². The zero-order valence-electron chi connectivity index (χ0n) is 50.8. The van der Waals surface area contributed by atoms with Crippen LogP contribution in [-0.4, -0.2) is 112 Å². The zero-order valence-corrected chi connectivity index (χ0v) is 51.6. The van der Waals surface area contributed by atoms with E-state index in [1.54, 1.807) is 25.6 Å². The molecule has 0 radical (unpaired) electrons. The van der Waals surface area contributed by atoms with Gasteiger partial charge in [-0.2, -0.15) is 11.8 Å². The second kappa shape index (κ2) is 33.1. The Kier molecular flexibility index (Phi) is 32.7. The van der Waals surface area contributed by atoms with Crippen LogP contribution in [-0.2, 0) is 61.9 Å². The lowest BCUT2D eigenvalue weighted by molar-refractivity contribution is -0.264. The van der Waals surface area contributed by atoms with Crippen LogP contribution in [0.1, 0.15) is 278 Å². The van der Waals surface area contributed by atoms with E-state index in [-0.39, 0.29) is 131 Å². The Labute approximate surface area is 536 Å². The van der Waals surface area contributed by atoms with Crippen molar-refractivity contribution in [2.24, 2.45) is 74.9 Å². The second-order valence-electron chi connectivity index (χ2n) is 29.2. The van der Waals surface area contributed by atoms with Crippen LogP contribution in [0.5, 0.6) is 0 Å². The number of aliphatic hydroxyl groups is 2. The minimum absolute atomic E-state index is 0. The standard InChI is InChI=1S/C19H32O2.C18H26O6.C16H26O4.C10H18O3S.8CH4/c1-6-18(4,5)17(20)21-19(12(2)3)15-8-13-7-14(10-15)11-16(19)9-13;1-4-18(2,3)17(21)22-9-14(19)24-15-11-5-10-6-12(8-11)16(20)23-13(15)7-10;1-4-13(2,3)12(17)20-16-7-11-5-14(18,9-16)8-15(19,6-11)10-16;1-4-10(2,3)9(11)13-8-7-14-6-5-12-8;;;;;;;;/h12-16H,6-11H2,1-5H3;10-13,15H,4-9H2,1-3H3;11,18-19H,4-10H2,1-3H3;8H,4-7H2,1-3H3;8*1H4. The van der Waals surface area contributed by atoms with Gasteiger partial charge in [-0.3, -0.25) is 24.0 Å². The van der Waals surface area contributed by atoms with Gasteiger partial charge < -0.3 is 43.4 Å². The molecule has 16 heteroatoms. The van der Waals surface area contributed by atoms with E-state index in [1.165, 1.54) is 32.1 Å². The van der Waals surface area contributed by atoms with E-state index in [4.69, 9.17) is 33.2 Å². The molecule has 0 aromatic rings. The van der Waals surface area contributed by atoms with Crippen LogP contribution < -0.4 is 0 Å². The van der Waals surface area contributed by atoms with Crippen LogP contribution in [0.15, 0.2) is 0 Å². The van der Waals surface area contributed by atoms with Crippen LogP contribution in [0.4, 0.5) is 0 Å². The molecule has 8 atom stereocenters. The smallest absolute Gasteiger partial charge is 0.344 e. The number of ether oxygens (including phenoxy) is 7. The SMILES string of the molecule is C.C.C.C.C.C.C.C.CCC(C)(C)C(=O)OC1(C(C)C)C2CC3CC(C2)CC1C3.CCC(C)(C)C(=O)OC12CC3CC(O)(CC(O)(C3)C1)C2.CCC(C)(C)C(=O)OC1CSCCO1.CCC(C)(C)C(=O)OCC(=O)OC1C2CC3CC(C2)C(=O)OC1C3. The highest BCUT2D eigenvalue weighted by Gasteiger charge is 2.65. The predicted octanol–water partition coefficient (Wildman–Crippen LogP) is 16.4. The van der Waals surface area contributed by atoms with Crippen molar-refractivity contribution >= 4 is 47.6 Å². The molecular weight excluding hydrogens is 1120 g/mol. The molecule has 87 heavy (non-hydrogen) atoms. The molecule has 3 heterocycles. The first kappa shape index (κ1) is 86.1. The number of hydrogen-bond donors (Lipinski definition) is 2. The van der Waals surface area contributed by atoms with Gasteiger partial charge in [-0.25, -0.2) is 4.79 Å². The largest absolute Gasteiger partial charge is 0.458 e. The summed E-state index contributed by atoms with van der Waals surface area (Å²) < 4.78 is 39.0. The molecule has 10 aliphatic carbocycles. The third-order valence-electron chi connectivity index (χ3n) is 21.1. The lowest BCUT2D eigenvalue weighted by Crippen LogP contribution is -2.67. The van der Waals surface area contributed by atoms with Crippen LogP contribution in [0.3, 0.4) is 0 Å². The maximum atomic E-state index is 12.8. The van der Waals surface area contributed by atoms with Crippen LogP contribution >= 0.6 is 11.8 Å². The lowest BCUT2D eigenvalue weighted by atomic mass is 9.47. The molecule has 3 saturated heterocycles. The van der Waals surface area contributed by atoms with Gasteiger partial charge in [0.15, 0.2) is 6.61 Å². The molecule has 15 nitrogen and oxygen atoms in total. The summed E-state index contributed by atoms with van der Waals surface area (Å²) in [4.78, 5) is 72.9. The van der Waals surface area contributed by atoms with Crippen LogP contribution in [0, 0.1) is 74.9 Å². The van der Waals surface area contributed by atoms with Crippen molar-refractivity contribution < 1.29 is 72.1 Å². The maximum Gasteiger partial charge on any atom is 0.344 e. The summed E-state index contributed by atoms with van der Waals surface area (Å²) in [6.07, 6.45) is 15.6. The van der Waals surface area contributed by atoms with Crippen LogP contribution in [0.2, 0.25) is 0 Å². The number of esters is 6. The molecule has 13 rings (SSSR count). The predicted molar refractivity (Wildman–Crippen MR) is 354 cm³/mol. The van der Waals surface area contributed by atoms with E-state index in [0.717, 1.165) is 87.5 Å². The molecule has 0 aromatic heterocycles. The van der Waals surface area contributed by atoms with Gasteiger partial charge in [-0.05, 0) is 200 Å². The Morgan fingerprint density at radius 1 is 0.575 bits per heavy atom. The highest BCUT2D eigenvalue weighted by Crippen LogP contribution is 2.63. The minimum Gasteiger partial charge on any atom is -0.458 e.